The molecule has 1 aliphatic rings. The van der Waals surface area contributed by atoms with Crippen LogP contribution in [0.1, 0.15) is 22.8 Å². The number of nitrogens with zero attached hydrogens (tertiary/aromatic N) is 4. The number of nitrogens with one attached hydrogen (secondary N) is 1. The molecule has 4 rings (SSSR count). The second kappa shape index (κ2) is 10.4. The number of anilines is 2. The van der Waals surface area contributed by atoms with Crippen LogP contribution in [0.25, 0.3) is 0 Å². The van der Waals surface area contributed by atoms with Gasteiger partial charge in [0.15, 0.2) is 0 Å². The molecule has 1 aliphatic heterocycles. The Morgan fingerprint density at radius 2 is 1.74 bits per heavy atom. The van der Waals surface area contributed by atoms with E-state index in [1.165, 1.54) is 11.9 Å². The highest BCUT2D eigenvalue weighted by Gasteiger charge is 2.19. The minimum absolute atomic E-state index is 0.145. The first-order valence-electron chi connectivity index (χ1n) is 10.6. The van der Waals surface area contributed by atoms with Crippen molar-refractivity contribution in [3.8, 4) is 0 Å². The molecule has 6 nitrogen and oxygen atoms in total. The van der Waals surface area contributed by atoms with Gasteiger partial charge >= 0.3 is 0 Å². The molecular weight excluding hydrogens is 406 g/mol. The van der Waals surface area contributed by atoms with E-state index in [-0.39, 0.29) is 5.91 Å². The fourth-order valence-corrected chi connectivity index (χ4v) is 4.49. The minimum Gasteiger partial charge on any atom is -0.354 e. The van der Waals surface area contributed by atoms with E-state index in [9.17, 15) is 4.79 Å². The molecule has 160 valence electrons. The average molecular weight is 434 g/mol. The van der Waals surface area contributed by atoms with E-state index in [2.05, 4.69) is 56.3 Å². The standard InChI is InChI=1S/C24H27N5OS/c1-2-31-21-11-7-6-10-20(21)24(30)27-22-16-23(26-18-25-22)29-14-12-28(13-15-29)17-19-8-4-3-5-9-19/h3-11,16,18H,2,12-15,17H2,1H3,(H,25,26,27,30). The number of amides is 1. The lowest BCUT2D eigenvalue weighted by atomic mass is 10.2. The fourth-order valence-electron chi connectivity index (χ4n) is 3.68. The van der Waals surface area contributed by atoms with Crippen molar-refractivity contribution >= 4 is 29.3 Å². The third-order valence-electron chi connectivity index (χ3n) is 5.27. The van der Waals surface area contributed by atoms with Crippen molar-refractivity contribution < 1.29 is 4.79 Å². The van der Waals surface area contributed by atoms with Crippen LogP contribution in [0.2, 0.25) is 0 Å². The molecule has 0 spiro atoms. The molecule has 31 heavy (non-hydrogen) atoms. The summed E-state index contributed by atoms with van der Waals surface area (Å²) in [6.07, 6.45) is 1.52. The van der Waals surface area contributed by atoms with Gasteiger partial charge in [-0.25, -0.2) is 9.97 Å². The summed E-state index contributed by atoms with van der Waals surface area (Å²) in [5, 5.41) is 2.94. The van der Waals surface area contributed by atoms with Crippen LogP contribution in [0.5, 0.6) is 0 Å². The van der Waals surface area contributed by atoms with E-state index in [1.807, 2.05) is 36.4 Å². The highest BCUT2D eigenvalue weighted by Crippen LogP contribution is 2.24. The number of hydrogen-bond acceptors (Lipinski definition) is 6. The third-order valence-corrected chi connectivity index (χ3v) is 6.23. The molecular formula is C24H27N5OS. The molecule has 0 aliphatic carbocycles. The van der Waals surface area contributed by atoms with Gasteiger partial charge in [-0.05, 0) is 23.4 Å². The minimum atomic E-state index is -0.145. The molecule has 0 radical (unpaired) electrons. The maximum absolute atomic E-state index is 12.8. The lowest BCUT2D eigenvalue weighted by molar-refractivity contribution is 0.102. The number of carbonyl (C=O) groups excluding carboxylic acids is 1. The van der Waals surface area contributed by atoms with Crippen LogP contribution >= 0.6 is 11.8 Å². The number of carbonyl (C=O) groups is 1. The van der Waals surface area contributed by atoms with Gasteiger partial charge in [-0.1, -0.05) is 49.4 Å². The van der Waals surface area contributed by atoms with Crippen LogP contribution in [0.15, 0.2) is 71.9 Å². The van der Waals surface area contributed by atoms with Gasteiger partial charge in [-0.2, -0.15) is 0 Å². The van der Waals surface area contributed by atoms with Gasteiger partial charge in [0.2, 0.25) is 0 Å². The SMILES string of the molecule is CCSc1ccccc1C(=O)Nc1cc(N2CCN(Cc3ccccc3)CC2)ncn1. The summed E-state index contributed by atoms with van der Waals surface area (Å²) >= 11 is 1.66. The zero-order valence-electron chi connectivity index (χ0n) is 17.7. The van der Waals surface area contributed by atoms with Gasteiger partial charge in [-0.3, -0.25) is 9.69 Å². The van der Waals surface area contributed by atoms with E-state index in [0.717, 1.165) is 49.2 Å². The highest BCUT2D eigenvalue weighted by atomic mass is 32.2. The van der Waals surface area contributed by atoms with Crippen molar-refractivity contribution in [2.45, 2.75) is 18.4 Å². The van der Waals surface area contributed by atoms with E-state index >= 15 is 0 Å². The summed E-state index contributed by atoms with van der Waals surface area (Å²) in [4.78, 5) is 27.2. The molecule has 1 fully saturated rings. The van der Waals surface area contributed by atoms with Gasteiger partial charge in [0.1, 0.15) is 18.0 Å². The predicted octanol–water partition coefficient (Wildman–Crippen LogP) is 4.16. The second-order valence-corrected chi connectivity index (χ2v) is 8.70. The number of aromatic nitrogens is 2. The van der Waals surface area contributed by atoms with Crippen molar-refractivity contribution in [2.75, 3.05) is 42.1 Å². The Morgan fingerprint density at radius 3 is 2.52 bits per heavy atom. The average Bonchev–Trinajstić information content (AvgIpc) is 2.81. The Labute approximate surface area is 187 Å². The van der Waals surface area contributed by atoms with Gasteiger partial charge in [0.25, 0.3) is 5.91 Å². The summed E-state index contributed by atoms with van der Waals surface area (Å²) in [6.45, 7) is 6.79. The Hall–Kier alpha value is -2.90. The lowest BCUT2D eigenvalue weighted by Gasteiger charge is -2.35. The number of rotatable bonds is 7. The summed E-state index contributed by atoms with van der Waals surface area (Å²) in [5.74, 6) is 2.14. The largest absolute Gasteiger partial charge is 0.354 e. The first kappa shape index (κ1) is 21.3. The van der Waals surface area contributed by atoms with Crippen LogP contribution in [0, 0.1) is 0 Å². The monoisotopic (exact) mass is 433 g/mol. The molecule has 2 heterocycles. The molecule has 0 unspecified atom stereocenters. The van der Waals surface area contributed by atoms with Crippen molar-refractivity contribution in [3.05, 3.63) is 78.1 Å². The molecule has 2 aromatic carbocycles. The van der Waals surface area contributed by atoms with Crippen LogP contribution in [-0.2, 0) is 6.54 Å². The maximum Gasteiger partial charge on any atom is 0.257 e. The normalized spacial score (nSPS) is 14.4. The first-order valence-corrected chi connectivity index (χ1v) is 11.6. The number of piperazine rings is 1. The van der Waals surface area contributed by atoms with Gasteiger partial charge < -0.3 is 10.2 Å². The van der Waals surface area contributed by atoms with Gasteiger partial charge in [0.05, 0.1) is 5.56 Å². The third kappa shape index (κ3) is 5.62. The summed E-state index contributed by atoms with van der Waals surface area (Å²) < 4.78 is 0. The van der Waals surface area contributed by atoms with E-state index in [1.54, 1.807) is 11.8 Å². The smallest absolute Gasteiger partial charge is 0.257 e. The lowest BCUT2D eigenvalue weighted by Crippen LogP contribution is -2.46. The quantitative estimate of drug-likeness (QED) is 0.565. The van der Waals surface area contributed by atoms with Gasteiger partial charge in [0, 0.05) is 43.7 Å². The molecule has 1 amide bonds. The molecule has 1 aromatic heterocycles. The molecule has 0 atom stereocenters. The van der Waals surface area contributed by atoms with Crippen molar-refractivity contribution in [3.63, 3.8) is 0 Å². The van der Waals surface area contributed by atoms with Crippen LogP contribution < -0.4 is 10.2 Å². The molecule has 7 heteroatoms. The molecule has 0 saturated carbocycles. The molecule has 1 saturated heterocycles. The maximum atomic E-state index is 12.8. The Bertz CT molecular complexity index is 1010. The Balaban J connectivity index is 1.37. The van der Waals surface area contributed by atoms with E-state index in [0.29, 0.717) is 11.4 Å². The Kier molecular flexibility index (Phi) is 7.17. The molecule has 3 aromatic rings. The summed E-state index contributed by atoms with van der Waals surface area (Å²) in [5.41, 5.74) is 2.01. The fraction of sp³-hybridized carbons (Fsp3) is 0.292. The van der Waals surface area contributed by atoms with Crippen LogP contribution in [0.3, 0.4) is 0 Å². The van der Waals surface area contributed by atoms with Crippen molar-refractivity contribution in [1.82, 2.24) is 14.9 Å². The van der Waals surface area contributed by atoms with Crippen LogP contribution in [-0.4, -0.2) is 52.7 Å². The van der Waals surface area contributed by atoms with Crippen LogP contribution in [0.4, 0.5) is 11.6 Å². The van der Waals surface area contributed by atoms with Gasteiger partial charge in [-0.15, -0.1) is 11.8 Å². The van der Waals surface area contributed by atoms with E-state index in [4.69, 9.17) is 0 Å². The molecule has 0 bridgehead atoms. The van der Waals surface area contributed by atoms with Crippen molar-refractivity contribution in [2.24, 2.45) is 0 Å². The number of benzene rings is 2. The summed E-state index contributed by atoms with van der Waals surface area (Å²) in [6, 6.07) is 20.1. The second-order valence-electron chi connectivity index (χ2n) is 7.39. The molecule has 1 N–H and O–H groups in total. The number of thioether (sulfide) groups is 1. The topological polar surface area (TPSA) is 61.4 Å². The highest BCUT2D eigenvalue weighted by molar-refractivity contribution is 7.99. The zero-order chi connectivity index (χ0) is 21.5. The number of hydrogen-bond donors (Lipinski definition) is 1. The first-order chi connectivity index (χ1) is 15.2. The zero-order valence-corrected chi connectivity index (χ0v) is 18.5. The van der Waals surface area contributed by atoms with Crippen molar-refractivity contribution in [1.29, 1.82) is 0 Å². The summed E-state index contributed by atoms with van der Waals surface area (Å²) in [7, 11) is 0. The Morgan fingerprint density at radius 1 is 1.00 bits per heavy atom. The predicted molar refractivity (Wildman–Crippen MR) is 127 cm³/mol. The van der Waals surface area contributed by atoms with E-state index < -0.39 is 0 Å².